The van der Waals surface area contributed by atoms with Gasteiger partial charge >= 0.3 is 12.1 Å². The highest BCUT2D eigenvalue weighted by Crippen LogP contribution is 2.34. The maximum Gasteiger partial charge on any atom is 0.409 e. The van der Waals surface area contributed by atoms with E-state index in [2.05, 4.69) is 15.3 Å². The summed E-state index contributed by atoms with van der Waals surface area (Å²) in [6.07, 6.45) is 5.80. The molecule has 2 aliphatic carbocycles. The summed E-state index contributed by atoms with van der Waals surface area (Å²) >= 11 is 0. The highest BCUT2D eigenvalue weighted by molar-refractivity contribution is 6.34. The molecule has 4 rings (SSSR count). The molecule has 2 N–H and O–H groups in total. The Labute approximate surface area is 210 Å². The number of rotatable bonds is 10. The Morgan fingerprint density at radius 1 is 1.22 bits per heavy atom. The number of nitrogens with one attached hydrogen (secondary N) is 1. The number of ether oxygens (including phenoxy) is 2. The topological polar surface area (TPSA) is 144 Å². The SMILES string of the molecule is Cc1nc(-c2nnn(C)c2COC(=O)N(C)CC2CCC2)ccc1O[C@H]1CCC[C@H]1CC(=N)C(=O)O. The van der Waals surface area contributed by atoms with Crippen LogP contribution in [0.1, 0.15) is 56.3 Å². The normalized spacial score (nSPS) is 19.5. The van der Waals surface area contributed by atoms with Crippen molar-refractivity contribution in [1.29, 1.82) is 5.41 Å². The molecular formula is C25H34N6O5. The third-order valence-electron chi connectivity index (χ3n) is 7.22. The highest BCUT2D eigenvalue weighted by atomic mass is 16.6. The second kappa shape index (κ2) is 11.0. The first-order chi connectivity index (χ1) is 17.2. The third kappa shape index (κ3) is 5.83. The van der Waals surface area contributed by atoms with Gasteiger partial charge in [-0.1, -0.05) is 11.6 Å². The van der Waals surface area contributed by atoms with Crippen LogP contribution in [-0.2, 0) is 23.2 Å². The van der Waals surface area contributed by atoms with E-state index in [0.717, 1.165) is 32.1 Å². The van der Waals surface area contributed by atoms with Gasteiger partial charge in [0, 0.05) is 33.0 Å². The standard InChI is InChI=1S/C25H34N6O5/c1-15-21(36-22-9-5-8-17(22)12-18(26)24(32)33)11-10-19(27-15)23-20(31(3)29-28-23)14-35-25(34)30(2)13-16-6-4-7-16/h10-11,16-17,22,26H,4-9,12-14H2,1-3H3,(H,32,33)/t17-,22-/m0/s1. The van der Waals surface area contributed by atoms with E-state index in [4.69, 9.17) is 20.0 Å². The lowest BCUT2D eigenvalue weighted by Crippen LogP contribution is -2.34. The lowest BCUT2D eigenvalue weighted by Gasteiger charge is -2.29. The van der Waals surface area contributed by atoms with Crippen molar-refractivity contribution in [2.45, 2.75) is 64.6 Å². The number of nitrogens with zero attached hydrogens (tertiary/aromatic N) is 5. The number of hydrogen-bond donors (Lipinski definition) is 2. The van der Waals surface area contributed by atoms with Crippen molar-refractivity contribution in [2.24, 2.45) is 18.9 Å². The van der Waals surface area contributed by atoms with Gasteiger partial charge in [0.1, 0.15) is 35.6 Å². The lowest BCUT2D eigenvalue weighted by atomic mass is 9.85. The van der Waals surface area contributed by atoms with Gasteiger partial charge in [0.15, 0.2) is 0 Å². The fraction of sp³-hybridized carbons (Fsp3) is 0.600. The quantitative estimate of drug-likeness (QED) is 0.473. The molecule has 2 fully saturated rings. The van der Waals surface area contributed by atoms with Gasteiger partial charge in [0.05, 0.1) is 11.4 Å². The molecule has 11 nitrogen and oxygen atoms in total. The summed E-state index contributed by atoms with van der Waals surface area (Å²) in [6.45, 7) is 2.58. The number of carboxylic acids is 1. The number of carbonyl (C=O) groups excluding carboxylic acids is 1. The Kier molecular flexibility index (Phi) is 7.85. The maximum absolute atomic E-state index is 12.4. The van der Waals surface area contributed by atoms with Crippen LogP contribution in [0.3, 0.4) is 0 Å². The molecule has 0 spiro atoms. The van der Waals surface area contributed by atoms with Crippen LogP contribution in [0.4, 0.5) is 4.79 Å². The summed E-state index contributed by atoms with van der Waals surface area (Å²) in [7, 11) is 3.50. The van der Waals surface area contributed by atoms with Gasteiger partial charge in [-0.05, 0) is 57.1 Å². The number of aliphatic carboxylic acids is 1. The Balaban J connectivity index is 1.41. The van der Waals surface area contributed by atoms with Gasteiger partial charge in [0.2, 0.25) is 0 Å². The Morgan fingerprint density at radius 2 is 1.97 bits per heavy atom. The summed E-state index contributed by atoms with van der Waals surface area (Å²) in [6, 6.07) is 3.62. The van der Waals surface area contributed by atoms with E-state index in [1.807, 2.05) is 13.0 Å². The van der Waals surface area contributed by atoms with Gasteiger partial charge in [0.25, 0.3) is 0 Å². The van der Waals surface area contributed by atoms with Crippen molar-refractivity contribution in [3.05, 3.63) is 23.5 Å². The van der Waals surface area contributed by atoms with Crippen LogP contribution in [0.15, 0.2) is 12.1 Å². The number of hydrogen-bond acceptors (Lipinski definition) is 8. The zero-order valence-electron chi connectivity index (χ0n) is 21.1. The second-order valence-corrected chi connectivity index (χ2v) is 9.86. The molecular weight excluding hydrogens is 464 g/mol. The van der Waals surface area contributed by atoms with Crippen LogP contribution < -0.4 is 4.74 Å². The molecule has 0 unspecified atom stereocenters. The lowest BCUT2D eigenvalue weighted by molar-refractivity contribution is -0.129. The number of aromatic nitrogens is 4. The molecule has 2 aliphatic rings. The molecule has 0 radical (unpaired) electrons. The number of carboxylic acid groups (broad SMARTS) is 1. The van der Waals surface area contributed by atoms with E-state index in [1.54, 1.807) is 29.7 Å². The number of aryl methyl sites for hydroxylation is 2. The smallest absolute Gasteiger partial charge is 0.409 e. The fourth-order valence-corrected chi connectivity index (χ4v) is 4.82. The van der Waals surface area contributed by atoms with Crippen LogP contribution in [-0.4, -0.2) is 67.5 Å². The largest absolute Gasteiger partial charge is 0.488 e. The average Bonchev–Trinajstić information content (AvgIpc) is 3.41. The first-order valence-corrected chi connectivity index (χ1v) is 12.4. The van der Waals surface area contributed by atoms with Crippen LogP contribution >= 0.6 is 0 Å². The zero-order chi connectivity index (χ0) is 25.8. The van der Waals surface area contributed by atoms with Crippen molar-refractivity contribution in [2.75, 3.05) is 13.6 Å². The minimum atomic E-state index is -1.18. The number of pyridine rings is 1. The zero-order valence-corrected chi connectivity index (χ0v) is 21.1. The molecule has 2 heterocycles. The second-order valence-electron chi connectivity index (χ2n) is 9.86. The first-order valence-electron chi connectivity index (χ1n) is 12.4. The van der Waals surface area contributed by atoms with E-state index >= 15 is 0 Å². The van der Waals surface area contributed by atoms with Gasteiger partial charge in [-0.15, -0.1) is 5.10 Å². The number of carbonyl (C=O) groups is 2. The molecule has 1 amide bonds. The highest BCUT2D eigenvalue weighted by Gasteiger charge is 2.32. The van der Waals surface area contributed by atoms with Crippen molar-refractivity contribution < 1.29 is 24.2 Å². The Morgan fingerprint density at radius 3 is 2.64 bits per heavy atom. The molecule has 0 saturated heterocycles. The minimum Gasteiger partial charge on any atom is -0.488 e. The van der Waals surface area contributed by atoms with Crippen molar-refractivity contribution in [3.63, 3.8) is 0 Å². The molecule has 0 bridgehead atoms. The van der Waals surface area contributed by atoms with E-state index < -0.39 is 5.97 Å². The van der Waals surface area contributed by atoms with Crippen molar-refractivity contribution >= 4 is 17.8 Å². The summed E-state index contributed by atoms with van der Waals surface area (Å²) in [5.74, 6) is -0.00471. The average molecular weight is 499 g/mol. The monoisotopic (exact) mass is 498 g/mol. The summed E-state index contributed by atoms with van der Waals surface area (Å²) in [4.78, 5) is 29.8. The molecule has 2 aromatic rings. The molecule has 11 heteroatoms. The van der Waals surface area contributed by atoms with Crippen LogP contribution in [0.5, 0.6) is 5.75 Å². The summed E-state index contributed by atoms with van der Waals surface area (Å²) in [5, 5.41) is 25.1. The first kappa shape index (κ1) is 25.6. The van der Waals surface area contributed by atoms with Gasteiger partial charge < -0.3 is 19.5 Å². The van der Waals surface area contributed by atoms with Crippen LogP contribution in [0.2, 0.25) is 0 Å². The Hall–Kier alpha value is -3.50. The molecule has 194 valence electrons. The van der Waals surface area contributed by atoms with E-state index in [-0.39, 0.29) is 36.9 Å². The third-order valence-corrected chi connectivity index (χ3v) is 7.22. The molecule has 0 aromatic carbocycles. The van der Waals surface area contributed by atoms with Crippen molar-refractivity contribution in [1.82, 2.24) is 24.9 Å². The maximum atomic E-state index is 12.4. The predicted molar refractivity (Wildman–Crippen MR) is 131 cm³/mol. The van der Waals surface area contributed by atoms with Gasteiger partial charge in [-0.3, -0.25) is 5.41 Å². The predicted octanol–water partition coefficient (Wildman–Crippen LogP) is 3.60. The van der Waals surface area contributed by atoms with E-state index in [0.29, 0.717) is 41.0 Å². The summed E-state index contributed by atoms with van der Waals surface area (Å²) < 4.78 is 13.3. The van der Waals surface area contributed by atoms with E-state index in [9.17, 15) is 9.59 Å². The molecule has 36 heavy (non-hydrogen) atoms. The number of amides is 1. The molecule has 2 atom stereocenters. The summed E-state index contributed by atoms with van der Waals surface area (Å²) in [5.41, 5.74) is 2.16. The minimum absolute atomic E-state index is 0.00335. The Bertz CT molecular complexity index is 1130. The van der Waals surface area contributed by atoms with Gasteiger partial charge in [-0.2, -0.15) is 0 Å². The molecule has 0 aliphatic heterocycles. The van der Waals surface area contributed by atoms with Crippen LogP contribution in [0.25, 0.3) is 11.4 Å². The fourth-order valence-electron chi connectivity index (χ4n) is 4.82. The molecule has 2 aromatic heterocycles. The van der Waals surface area contributed by atoms with Crippen molar-refractivity contribution in [3.8, 4) is 17.1 Å². The van der Waals surface area contributed by atoms with Gasteiger partial charge in [-0.25, -0.2) is 19.3 Å². The molecule has 2 saturated carbocycles. The van der Waals surface area contributed by atoms with Crippen LogP contribution in [0, 0.1) is 24.2 Å². The van der Waals surface area contributed by atoms with E-state index in [1.165, 1.54) is 6.42 Å².